The second-order valence-electron chi connectivity index (χ2n) is 2.63. The quantitative estimate of drug-likeness (QED) is 0.774. The first-order chi connectivity index (χ1) is 6.22. The summed E-state index contributed by atoms with van der Waals surface area (Å²) in [6.45, 7) is 1.94. The molecule has 0 saturated carbocycles. The molecule has 74 valence electrons. The molecule has 0 fully saturated rings. The third-order valence-corrected chi connectivity index (χ3v) is 3.02. The average Bonchev–Trinajstić information content (AvgIpc) is 2.55. The Morgan fingerprint density at radius 1 is 1.77 bits per heavy atom. The molecule has 0 aromatic carbocycles. The van der Waals surface area contributed by atoms with Crippen LogP contribution in [0.4, 0.5) is 0 Å². The molecule has 1 aromatic heterocycles. The molecular weight excluding hydrogens is 208 g/mol. The van der Waals surface area contributed by atoms with E-state index in [9.17, 15) is 4.21 Å². The van der Waals surface area contributed by atoms with Gasteiger partial charge in [-0.2, -0.15) is 4.21 Å². The van der Waals surface area contributed by atoms with Gasteiger partial charge in [0.15, 0.2) is 0 Å². The van der Waals surface area contributed by atoms with Gasteiger partial charge in [0.25, 0.3) is 0 Å². The third-order valence-electron chi connectivity index (χ3n) is 1.68. The molecule has 1 N–H and O–H groups in total. The fourth-order valence-electron chi connectivity index (χ4n) is 1.02. The highest BCUT2D eigenvalue weighted by Crippen LogP contribution is 2.14. The van der Waals surface area contributed by atoms with Crippen molar-refractivity contribution in [1.82, 2.24) is 0 Å². The Hall–Kier alpha value is -0.230. The van der Waals surface area contributed by atoms with E-state index in [0.29, 0.717) is 6.42 Å². The zero-order chi connectivity index (χ0) is 9.68. The van der Waals surface area contributed by atoms with Gasteiger partial charge in [-0.05, 0) is 17.9 Å². The highest BCUT2D eigenvalue weighted by atomic mass is 32.2. The molecule has 1 rings (SSSR count). The molecule has 0 aliphatic carbocycles. The molecule has 1 aromatic rings. The Morgan fingerprint density at radius 3 is 3.00 bits per heavy atom. The van der Waals surface area contributed by atoms with Gasteiger partial charge in [-0.25, -0.2) is 0 Å². The summed E-state index contributed by atoms with van der Waals surface area (Å²) in [5, 5.41) is 1.98. The minimum absolute atomic E-state index is 0.163. The lowest BCUT2D eigenvalue weighted by molar-refractivity contribution is 0.200. The van der Waals surface area contributed by atoms with Crippen LogP contribution in [0.25, 0.3) is 0 Å². The van der Waals surface area contributed by atoms with Crippen molar-refractivity contribution in [1.29, 1.82) is 0 Å². The Morgan fingerprint density at radius 2 is 2.54 bits per heavy atom. The van der Waals surface area contributed by atoms with Crippen LogP contribution in [0, 0.1) is 0 Å². The number of rotatable bonds is 5. The van der Waals surface area contributed by atoms with Crippen LogP contribution in [0.2, 0.25) is 0 Å². The van der Waals surface area contributed by atoms with Crippen molar-refractivity contribution < 1.29 is 12.9 Å². The predicted molar refractivity (Wildman–Crippen MR) is 54.0 cm³/mol. The van der Waals surface area contributed by atoms with Crippen LogP contribution < -0.4 is 0 Å². The standard InChI is InChI=1S/C8H12O3S2/c1-2-7(11-13(9)10)6-8-4-3-5-12-8/h3-5,7H,2,6H2,1H3,(H,9,10). The van der Waals surface area contributed by atoms with E-state index in [0.717, 1.165) is 6.42 Å². The van der Waals surface area contributed by atoms with Gasteiger partial charge in [0.05, 0.1) is 6.10 Å². The maximum atomic E-state index is 10.4. The van der Waals surface area contributed by atoms with Gasteiger partial charge >= 0.3 is 11.4 Å². The first kappa shape index (κ1) is 10.8. The van der Waals surface area contributed by atoms with Gasteiger partial charge in [0.2, 0.25) is 0 Å². The maximum absolute atomic E-state index is 10.4. The second-order valence-corrected chi connectivity index (χ2v) is 4.29. The molecule has 0 aliphatic rings. The topological polar surface area (TPSA) is 46.5 Å². The van der Waals surface area contributed by atoms with Crippen LogP contribution in [0.15, 0.2) is 17.5 Å². The van der Waals surface area contributed by atoms with Crippen molar-refractivity contribution in [3.05, 3.63) is 22.4 Å². The first-order valence-electron chi connectivity index (χ1n) is 4.02. The van der Waals surface area contributed by atoms with Crippen molar-refractivity contribution in [2.75, 3.05) is 0 Å². The summed E-state index contributed by atoms with van der Waals surface area (Å²) in [5.74, 6) is 0. The van der Waals surface area contributed by atoms with E-state index in [1.165, 1.54) is 4.88 Å². The Kier molecular flexibility index (Phi) is 4.58. The molecule has 2 unspecified atom stereocenters. The molecule has 2 atom stereocenters. The van der Waals surface area contributed by atoms with E-state index in [1.807, 2.05) is 24.4 Å². The van der Waals surface area contributed by atoms with Crippen LogP contribution >= 0.6 is 11.3 Å². The number of hydrogen-bond donors (Lipinski definition) is 1. The van der Waals surface area contributed by atoms with Gasteiger partial charge in [-0.1, -0.05) is 13.0 Å². The van der Waals surface area contributed by atoms with Crippen LogP contribution in [-0.4, -0.2) is 14.9 Å². The molecule has 3 nitrogen and oxygen atoms in total. The Bertz CT molecular complexity index is 258. The molecule has 0 bridgehead atoms. The molecule has 0 amide bonds. The molecule has 0 aliphatic heterocycles. The van der Waals surface area contributed by atoms with Gasteiger partial charge in [-0.3, -0.25) is 8.74 Å². The van der Waals surface area contributed by atoms with Crippen molar-refractivity contribution >= 4 is 22.7 Å². The van der Waals surface area contributed by atoms with Gasteiger partial charge in [-0.15, -0.1) is 11.3 Å². The summed E-state index contributed by atoms with van der Waals surface area (Å²) in [7, 11) is 0. The summed E-state index contributed by atoms with van der Waals surface area (Å²) >= 11 is -0.519. The molecule has 1 heterocycles. The van der Waals surface area contributed by atoms with Crippen molar-refractivity contribution in [2.45, 2.75) is 25.9 Å². The van der Waals surface area contributed by atoms with Gasteiger partial charge in [0, 0.05) is 11.3 Å². The minimum Gasteiger partial charge on any atom is -0.284 e. The number of hydrogen-bond acceptors (Lipinski definition) is 3. The van der Waals surface area contributed by atoms with Crippen LogP contribution in [-0.2, 0) is 22.0 Å². The summed E-state index contributed by atoms with van der Waals surface area (Å²) in [5.41, 5.74) is 0. The first-order valence-corrected chi connectivity index (χ1v) is 5.94. The van der Waals surface area contributed by atoms with Crippen LogP contribution in [0.1, 0.15) is 18.2 Å². The molecule has 0 saturated heterocycles. The summed E-state index contributed by atoms with van der Waals surface area (Å²) in [4.78, 5) is 1.18. The molecular formula is C8H12O3S2. The summed E-state index contributed by atoms with van der Waals surface area (Å²) in [6.07, 6.45) is 1.29. The van der Waals surface area contributed by atoms with Crippen LogP contribution in [0.5, 0.6) is 0 Å². The second kappa shape index (κ2) is 5.49. The van der Waals surface area contributed by atoms with Crippen molar-refractivity contribution in [3.63, 3.8) is 0 Å². The minimum atomic E-state index is -2.15. The Labute approximate surface area is 84.2 Å². The van der Waals surface area contributed by atoms with E-state index in [4.69, 9.17) is 8.74 Å². The van der Waals surface area contributed by atoms with Crippen molar-refractivity contribution in [2.24, 2.45) is 0 Å². The molecule has 0 radical (unpaired) electrons. The maximum Gasteiger partial charge on any atom is 0.302 e. The van der Waals surface area contributed by atoms with E-state index in [1.54, 1.807) is 11.3 Å². The summed E-state index contributed by atoms with van der Waals surface area (Å²) < 4.78 is 23.7. The van der Waals surface area contributed by atoms with E-state index < -0.39 is 11.4 Å². The molecule has 13 heavy (non-hydrogen) atoms. The summed E-state index contributed by atoms with van der Waals surface area (Å²) in [6, 6.07) is 3.96. The van der Waals surface area contributed by atoms with Gasteiger partial charge in [0.1, 0.15) is 0 Å². The fourth-order valence-corrected chi connectivity index (χ4v) is 2.22. The van der Waals surface area contributed by atoms with E-state index in [2.05, 4.69) is 0 Å². The number of thiophene rings is 1. The van der Waals surface area contributed by atoms with E-state index >= 15 is 0 Å². The normalized spacial score (nSPS) is 15.5. The Balaban J connectivity index is 2.45. The predicted octanol–water partition coefficient (Wildman–Crippen LogP) is 2.22. The monoisotopic (exact) mass is 220 g/mol. The molecule has 5 heteroatoms. The van der Waals surface area contributed by atoms with Gasteiger partial charge < -0.3 is 0 Å². The highest BCUT2D eigenvalue weighted by Gasteiger charge is 2.11. The average molecular weight is 220 g/mol. The van der Waals surface area contributed by atoms with Crippen LogP contribution in [0.3, 0.4) is 0 Å². The third kappa shape index (κ3) is 3.99. The lowest BCUT2D eigenvalue weighted by atomic mass is 10.2. The zero-order valence-electron chi connectivity index (χ0n) is 7.30. The fraction of sp³-hybridized carbons (Fsp3) is 0.500. The smallest absolute Gasteiger partial charge is 0.284 e. The highest BCUT2D eigenvalue weighted by molar-refractivity contribution is 7.74. The zero-order valence-corrected chi connectivity index (χ0v) is 8.94. The molecule has 0 spiro atoms. The van der Waals surface area contributed by atoms with Crippen molar-refractivity contribution in [3.8, 4) is 0 Å². The largest absolute Gasteiger partial charge is 0.302 e. The SMILES string of the molecule is CCC(Cc1cccs1)OS(=O)O. The lowest BCUT2D eigenvalue weighted by Gasteiger charge is -2.10. The van der Waals surface area contributed by atoms with E-state index in [-0.39, 0.29) is 6.10 Å². The lowest BCUT2D eigenvalue weighted by Crippen LogP contribution is -2.15.